The molecule has 0 radical (unpaired) electrons. The second kappa shape index (κ2) is 12.8. The van der Waals surface area contributed by atoms with Gasteiger partial charge in [0.15, 0.2) is 0 Å². The minimum absolute atomic E-state index is 0.326. The molecule has 0 saturated carbocycles. The van der Waals surface area contributed by atoms with Crippen LogP contribution in [0.25, 0.3) is 0 Å². The maximum Gasteiger partial charge on any atom is 0.339 e. The van der Waals surface area contributed by atoms with Gasteiger partial charge in [0.25, 0.3) is 5.91 Å². The number of fused-ring (bicyclic) bond motifs is 1. The molecule has 1 amide bonds. The van der Waals surface area contributed by atoms with E-state index in [-0.39, 0.29) is 0 Å². The molecule has 0 saturated heterocycles. The number of carbonyl (C=O) groups is 3. The molecule has 0 spiro atoms. The van der Waals surface area contributed by atoms with Crippen LogP contribution in [-0.4, -0.2) is 61.8 Å². The topological polar surface area (TPSA) is 126 Å². The number of carbonyl (C=O) groups excluding carboxylic acids is 3. The summed E-state index contributed by atoms with van der Waals surface area (Å²) in [7, 11) is 5.64. The summed E-state index contributed by atoms with van der Waals surface area (Å²) in [6.45, 7) is 0. The fourth-order valence-electron chi connectivity index (χ4n) is 3.89. The lowest BCUT2D eigenvalue weighted by molar-refractivity contribution is -0.147. The van der Waals surface area contributed by atoms with Crippen LogP contribution in [0, 0.1) is 0 Å². The first-order valence-corrected chi connectivity index (χ1v) is 12.7. The molecule has 0 unspecified atom stereocenters. The van der Waals surface area contributed by atoms with E-state index in [4.69, 9.17) is 14.2 Å². The van der Waals surface area contributed by atoms with E-state index in [1.54, 1.807) is 12.1 Å². The van der Waals surface area contributed by atoms with E-state index in [0.29, 0.717) is 44.7 Å². The number of pyridine rings is 2. The van der Waals surface area contributed by atoms with Crippen molar-refractivity contribution in [2.24, 2.45) is 0 Å². The van der Waals surface area contributed by atoms with E-state index < -0.39 is 23.4 Å². The van der Waals surface area contributed by atoms with E-state index in [2.05, 4.69) is 51.9 Å². The monoisotopic (exact) mass is 649 g/mol. The number of rotatable bonds is 6. The number of nitrogens with one attached hydrogen (secondary N) is 1. The van der Waals surface area contributed by atoms with E-state index in [1.165, 1.54) is 40.8 Å². The third-order valence-electron chi connectivity index (χ3n) is 5.72. The van der Waals surface area contributed by atoms with Crippen LogP contribution in [0.5, 0.6) is 11.8 Å². The van der Waals surface area contributed by atoms with Crippen LogP contribution in [0.15, 0.2) is 57.7 Å². The minimum Gasteiger partial charge on any atom is -0.480 e. The Hall–Kier alpha value is -3.51. The molecule has 1 aliphatic rings. The number of hydrogen-bond donors (Lipinski definition) is 1. The van der Waals surface area contributed by atoms with Gasteiger partial charge in [0, 0.05) is 25.2 Å². The van der Waals surface area contributed by atoms with Gasteiger partial charge in [-0.15, -0.1) is 0 Å². The van der Waals surface area contributed by atoms with Crippen molar-refractivity contribution in [2.45, 2.75) is 18.4 Å². The summed E-state index contributed by atoms with van der Waals surface area (Å²) in [5, 5.41) is 2.86. The van der Waals surface area contributed by atoms with Gasteiger partial charge in [0.1, 0.15) is 5.54 Å². The first-order valence-electron chi connectivity index (χ1n) is 11.1. The molecular formula is C26H25Br2N3O7. The molecule has 38 heavy (non-hydrogen) atoms. The molecule has 0 fully saturated rings. The van der Waals surface area contributed by atoms with Crippen molar-refractivity contribution in [2.75, 3.05) is 28.4 Å². The van der Waals surface area contributed by atoms with E-state index in [0.717, 1.165) is 11.1 Å². The third-order valence-corrected chi connectivity index (χ3v) is 6.85. The second-order valence-electron chi connectivity index (χ2n) is 8.07. The number of hydrogen-bond acceptors (Lipinski definition) is 9. The summed E-state index contributed by atoms with van der Waals surface area (Å²) in [6.07, 6.45) is 3.60. The Morgan fingerprint density at radius 1 is 0.816 bits per heavy atom. The molecule has 2 aromatic heterocycles. The Balaban J connectivity index is 0.000000260. The number of nitrogens with zero attached hydrogens (tertiary/aromatic N) is 2. The zero-order valence-corrected chi connectivity index (χ0v) is 24.2. The van der Waals surface area contributed by atoms with Gasteiger partial charge in [0.2, 0.25) is 11.8 Å². The standard InChI is InChI=1S/C18H17BrN2O4.C8H8BrNO3/c1-24-16-14(19)7-13(10-20-16)15(22)21-18(17(23)25-2)8-11-5-3-4-6-12(11)9-18;1-12-7-6(9)3-5(4-10-7)8(11)13-2/h3-7,10H,8-9H2,1-2H3,(H,21,22);3-4H,1-2H3. The van der Waals surface area contributed by atoms with Crippen LogP contribution < -0.4 is 14.8 Å². The summed E-state index contributed by atoms with van der Waals surface area (Å²) in [4.78, 5) is 44.2. The molecule has 200 valence electrons. The number of amides is 1. The predicted octanol–water partition coefficient (Wildman–Crippen LogP) is 3.93. The molecular weight excluding hydrogens is 626 g/mol. The maximum atomic E-state index is 12.7. The zero-order valence-electron chi connectivity index (χ0n) is 21.0. The maximum absolute atomic E-state index is 12.7. The molecule has 4 rings (SSSR count). The highest BCUT2D eigenvalue weighted by Crippen LogP contribution is 2.32. The molecule has 1 N–H and O–H groups in total. The average Bonchev–Trinajstić information content (AvgIpc) is 3.31. The van der Waals surface area contributed by atoms with Gasteiger partial charge < -0.3 is 24.3 Å². The van der Waals surface area contributed by atoms with Crippen LogP contribution in [0.2, 0.25) is 0 Å². The first kappa shape index (κ1) is 29.1. The van der Waals surface area contributed by atoms with Crippen molar-refractivity contribution in [3.63, 3.8) is 0 Å². The highest BCUT2D eigenvalue weighted by Gasteiger charge is 2.46. The van der Waals surface area contributed by atoms with Crippen LogP contribution in [-0.2, 0) is 27.1 Å². The largest absolute Gasteiger partial charge is 0.480 e. The zero-order chi connectivity index (χ0) is 27.9. The van der Waals surface area contributed by atoms with Gasteiger partial charge in [-0.25, -0.2) is 19.6 Å². The normalized spacial score (nSPS) is 12.8. The molecule has 1 aliphatic carbocycles. The molecule has 1 aromatic carbocycles. The van der Waals surface area contributed by atoms with Crippen molar-refractivity contribution in [3.05, 3.63) is 80.0 Å². The van der Waals surface area contributed by atoms with Crippen molar-refractivity contribution >= 4 is 49.7 Å². The van der Waals surface area contributed by atoms with Gasteiger partial charge in [0.05, 0.1) is 48.5 Å². The quantitative estimate of drug-likeness (QED) is 0.395. The Morgan fingerprint density at radius 2 is 1.32 bits per heavy atom. The summed E-state index contributed by atoms with van der Waals surface area (Å²) >= 11 is 6.52. The molecule has 12 heteroatoms. The van der Waals surface area contributed by atoms with E-state index in [1.807, 2.05) is 24.3 Å². The van der Waals surface area contributed by atoms with Crippen molar-refractivity contribution in [1.29, 1.82) is 0 Å². The van der Waals surface area contributed by atoms with E-state index in [9.17, 15) is 14.4 Å². The Morgan fingerprint density at radius 3 is 1.76 bits per heavy atom. The fraction of sp³-hybridized carbons (Fsp3) is 0.269. The Labute approximate surface area is 236 Å². The lowest BCUT2D eigenvalue weighted by Gasteiger charge is -2.27. The van der Waals surface area contributed by atoms with Gasteiger partial charge in [-0.3, -0.25) is 4.79 Å². The first-order chi connectivity index (χ1) is 18.2. The number of esters is 2. The predicted molar refractivity (Wildman–Crippen MR) is 144 cm³/mol. The average molecular weight is 651 g/mol. The summed E-state index contributed by atoms with van der Waals surface area (Å²) in [5.74, 6) is -0.456. The SMILES string of the molecule is COC(=O)C1(NC(=O)c2cnc(OC)c(Br)c2)Cc2ccccc2C1.COC(=O)c1cnc(OC)c(Br)c1. The second-order valence-corrected chi connectivity index (χ2v) is 9.78. The summed E-state index contributed by atoms with van der Waals surface area (Å²) in [6, 6.07) is 10.9. The van der Waals surface area contributed by atoms with Gasteiger partial charge >= 0.3 is 11.9 Å². The van der Waals surface area contributed by atoms with Crippen LogP contribution in [0.4, 0.5) is 0 Å². The summed E-state index contributed by atoms with van der Waals surface area (Å²) in [5.41, 5.74) is 1.66. The smallest absolute Gasteiger partial charge is 0.339 e. The molecule has 3 aromatic rings. The van der Waals surface area contributed by atoms with Crippen LogP contribution in [0.3, 0.4) is 0 Å². The number of benzene rings is 1. The molecule has 0 bridgehead atoms. The molecule has 0 atom stereocenters. The Bertz CT molecular complexity index is 1330. The molecule has 0 aliphatic heterocycles. The van der Waals surface area contributed by atoms with Crippen LogP contribution in [0.1, 0.15) is 31.8 Å². The highest BCUT2D eigenvalue weighted by molar-refractivity contribution is 9.10. The lowest BCUT2D eigenvalue weighted by Crippen LogP contribution is -2.56. The van der Waals surface area contributed by atoms with Gasteiger partial charge in [-0.05, 0) is 55.1 Å². The highest BCUT2D eigenvalue weighted by atomic mass is 79.9. The summed E-state index contributed by atoms with van der Waals surface area (Å²) < 4.78 is 20.6. The van der Waals surface area contributed by atoms with Crippen molar-refractivity contribution < 1.29 is 33.3 Å². The lowest BCUT2D eigenvalue weighted by atomic mass is 9.95. The number of methoxy groups -OCH3 is 4. The van der Waals surface area contributed by atoms with E-state index >= 15 is 0 Å². The molecule has 10 nitrogen and oxygen atoms in total. The number of aromatic nitrogens is 2. The third kappa shape index (κ3) is 6.48. The minimum atomic E-state index is -1.11. The van der Waals surface area contributed by atoms with Crippen LogP contribution >= 0.6 is 31.9 Å². The Kier molecular flexibility index (Phi) is 9.81. The number of halogens is 2. The van der Waals surface area contributed by atoms with Gasteiger partial charge in [-0.2, -0.15) is 0 Å². The number of ether oxygens (including phenoxy) is 4. The molecule has 2 heterocycles. The van der Waals surface area contributed by atoms with Gasteiger partial charge in [-0.1, -0.05) is 24.3 Å². The van der Waals surface area contributed by atoms with Crippen molar-refractivity contribution in [3.8, 4) is 11.8 Å². The fourth-order valence-corrected chi connectivity index (χ4v) is 4.91. The van der Waals surface area contributed by atoms with Crippen molar-refractivity contribution in [1.82, 2.24) is 15.3 Å².